The normalized spacial score (nSPS) is 12.5. The van der Waals surface area contributed by atoms with E-state index in [4.69, 9.17) is 9.84 Å². The van der Waals surface area contributed by atoms with E-state index in [-0.39, 0.29) is 6.42 Å². The van der Waals surface area contributed by atoms with E-state index in [1.165, 1.54) is 0 Å². The highest BCUT2D eigenvalue weighted by Gasteiger charge is 2.19. The molecule has 5 nitrogen and oxygen atoms in total. The predicted molar refractivity (Wildman–Crippen MR) is 113 cm³/mol. The summed E-state index contributed by atoms with van der Waals surface area (Å²) >= 11 is 6.83. The summed E-state index contributed by atoms with van der Waals surface area (Å²) in [5.41, 5.74) is 2.31. The van der Waals surface area contributed by atoms with Gasteiger partial charge in [0.1, 0.15) is 11.6 Å². The van der Waals surface area contributed by atoms with Gasteiger partial charge in [0.25, 0.3) is 0 Å². The second-order valence-electron chi connectivity index (χ2n) is 6.96. The molecule has 0 saturated heterocycles. The van der Waals surface area contributed by atoms with Crippen molar-refractivity contribution in [3.05, 3.63) is 50.7 Å². The minimum atomic E-state index is -1.95. The summed E-state index contributed by atoms with van der Waals surface area (Å²) in [5.74, 6) is 1.10. The fraction of sp³-hybridized carbons (Fsp3) is 0.300. The highest BCUT2D eigenvalue weighted by molar-refractivity contribution is 9.11. The summed E-state index contributed by atoms with van der Waals surface area (Å²) in [7, 11) is 0. The van der Waals surface area contributed by atoms with Gasteiger partial charge in [-0.2, -0.15) is 0 Å². The Bertz CT molecular complexity index is 997. The number of benzene rings is 2. The fourth-order valence-electron chi connectivity index (χ4n) is 2.83. The Kier molecular flexibility index (Phi) is 6.40. The number of H-pyrrole nitrogens is 1. The second kappa shape index (κ2) is 8.61. The Morgan fingerprint density at radius 3 is 2.50 bits per heavy atom. The lowest BCUT2D eigenvalue weighted by Gasteiger charge is -2.12. The number of aliphatic carboxylic acids is 1. The maximum atomic E-state index is 13.5. The molecule has 1 heterocycles. The number of aromatic nitrogens is 2. The monoisotopic (exact) mass is 512 g/mol. The number of carboxylic acid groups (broad SMARTS) is 1. The highest BCUT2D eigenvalue weighted by Crippen LogP contribution is 2.38. The van der Waals surface area contributed by atoms with Crippen LogP contribution in [0.15, 0.2) is 39.3 Å². The number of nitrogens with one attached hydrogen (secondary N) is 1. The molecule has 8 heteroatoms. The van der Waals surface area contributed by atoms with Crippen LogP contribution >= 0.6 is 31.9 Å². The number of alkyl halides is 1. The zero-order chi connectivity index (χ0) is 20.4. The van der Waals surface area contributed by atoms with E-state index in [1.807, 2.05) is 18.2 Å². The number of carbonyl (C=O) groups is 1. The predicted octanol–water partition coefficient (Wildman–Crippen LogP) is 6.04. The number of hydrogen-bond donors (Lipinski definition) is 2. The average molecular weight is 514 g/mol. The molecule has 0 aliphatic heterocycles. The Morgan fingerprint density at radius 2 is 1.89 bits per heavy atom. The van der Waals surface area contributed by atoms with Gasteiger partial charge in [0, 0.05) is 18.9 Å². The molecule has 1 unspecified atom stereocenters. The van der Waals surface area contributed by atoms with E-state index in [0.29, 0.717) is 31.9 Å². The number of hydrogen-bond acceptors (Lipinski definition) is 3. The van der Waals surface area contributed by atoms with E-state index >= 15 is 0 Å². The third-order valence-electron chi connectivity index (χ3n) is 4.07. The van der Waals surface area contributed by atoms with E-state index in [1.54, 1.807) is 12.1 Å². The molecule has 1 atom stereocenters. The molecular formula is C20H19Br2FN2O3. The lowest BCUT2D eigenvalue weighted by atomic mass is 10.1. The molecule has 148 valence electrons. The van der Waals surface area contributed by atoms with Crippen LogP contribution in [0.1, 0.15) is 25.2 Å². The third kappa shape index (κ3) is 4.91. The van der Waals surface area contributed by atoms with Crippen molar-refractivity contribution in [3.63, 3.8) is 0 Å². The zero-order valence-corrected chi connectivity index (χ0v) is 18.5. The Balaban J connectivity index is 1.83. The number of fused-ring (bicyclic) bond motifs is 1. The van der Waals surface area contributed by atoms with Crippen molar-refractivity contribution in [2.45, 2.75) is 32.9 Å². The number of nitrogens with zero attached hydrogens (tertiary/aromatic N) is 1. The zero-order valence-electron chi connectivity index (χ0n) is 15.3. The molecule has 1 aromatic heterocycles. The summed E-state index contributed by atoms with van der Waals surface area (Å²) in [6.45, 7) is 4.28. The van der Waals surface area contributed by atoms with Gasteiger partial charge >= 0.3 is 5.97 Å². The van der Waals surface area contributed by atoms with Crippen LogP contribution in [0.2, 0.25) is 0 Å². The summed E-state index contributed by atoms with van der Waals surface area (Å²) in [4.78, 5) is 18.6. The maximum Gasteiger partial charge on any atom is 0.338 e. The molecule has 0 aliphatic rings. The van der Waals surface area contributed by atoms with Gasteiger partial charge in [0.05, 0.1) is 20.0 Å². The lowest BCUT2D eigenvalue weighted by Crippen LogP contribution is -2.17. The van der Waals surface area contributed by atoms with Crippen molar-refractivity contribution < 1.29 is 19.0 Å². The number of imidazole rings is 1. The standard InChI is InChI=1S/C20H19Br2FN2O3/c1-10(2)5-18-24-16-4-3-12(9-17(16)25-18)28-19-13(21)6-11(7-14(19)22)8-15(23)20(26)27/h3-4,6-7,9-10,15H,5,8H2,1-2H3,(H,24,25)(H,26,27). The first-order valence-corrected chi connectivity index (χ1v) is 10.3. The van der Waals surface area contributed by atoms with Gasteiger partial charge in [-0.25, -0.2) is 14.2 Å². The van der Waals surface area contributed by atoms with Crippen molar-refractivity contribution in [2.75, 3.05) is 0 Å². The van der Waals surface area contributed by atoms with Crippen LogP contribution in [0.5, 0.6) is 11.5 Å². The topological polar surface area (TPSA) is 75.2 Å². The van der Waals surface area contributed by atoms with Gasteiger partial charge < -0.3 is 14.8 Å². The quantitative estimate of drug-likeness (QED) is 0.403. The molecule has 3 aromatic rings. The van der Waals surface area contributed by atoms with Crippen molar-refractivity contribution in [1.29, 1.82) is 0 Å². The number of halogens is 3. The molecule has 28 heavy (non-hydrogen) atoms. The van der Waals surface area contributed by atoms with Crippen LogP contribution in [0.4, 0.5) is 4.39 Å². The van der Waals surface area contributed by atoms with Crippen LogP contribution in [-0.2, 0) is 17.6 Å². The van der Waals surface area contributed by atoms with E-state index in [9.17, 15) is 9.18 Å². The van der Waals surface area contributed by atoms with Crippen LogP contribution in [0.25, 0.3) is 11.0 Å². The van der Waals surface area contributed by atoms with Gasteiger partial charge in [-0.15, -0.1) is 0 Å². The van der Waals surface area contributed by atoms with Crippen molar-refractivity contribution in [2.24, 2.45) is 5.92 Å². The van der Waals surface area contributed by atoms with Gasteiger partial charge in [-0.1, -0.05) is 13.8 Å². The molecule has 3 rings (SSSR count). The van der Waals surface area contributed by atoms with E-state index in [0.717, 1.165) is 23.3 Å². The number of carboxylic acids is 1. The van der Waals surface area contributed by atoms with Crippen LogP contribution in [-0.4, -0.2) is 27.2 Å². The van der Waals surface area contributed by atoms with Crippen molar-refractivity contribution in [3.8, 4) is 11.5 Å². The van der Waals surface area contributed by atoms with E-state index in [2.05, 4.69) is 55.7 Å². The lowest BCUT2D eigenvalue weighted by molar-refractivity contribution is -0.142. The molecule has 0 fully saturated rings. The molecule has 0 amide bonds. The van der Waals surface area contributed by atoms with Gasteiger partial charge in [-0.3, -0.25) is 0 Å². The smallest absolute Gasteiger partial charge is 0.338 e. The third-order valence-corrected chi connectivity index (χ3v) is 5.24. The van der Waals surface area contributed by atoms with Crippen LogP contribution in [0, 0.1) is 5.92 Å². The molecular weight excluding hydrogens is 495 g/mol. The fourth-order valence-corrected chi connectivity index (χ4v) is 4.27. The van der Waals surface area contributed by atoms with Gasteiger partial charge in [0.2, 0.25) is 6.17 Å². The summed E-state index contributed by atoms with van der Waals surface area (Å²) in [6.07, 6.45) is -1.30. The summed E-state index contributed by atoms with van der Waals surface area (Å²) < 4.78 is 20.7. The van der Waals surface area contributed by atoms with E-state index < -0.39 is 12.1 Å². The Morgan fingerprint density at radius 1 is 1.21 bits per heavy atom. The number of ether oxygens (including phenoxy) is 1. The summed E-state index contributed by atoms with van der Waals surface area (Å²) in [5, 5.41) is 8.74. The highest BCUT2D eigenvalue weighted by atomic mass is 79.9. The molecule has 2 N–H and O–H groups in total. The van der Waals surface area contributed by atoms with Gasteiger partial charge in [0.15, 0.2) is 5.75 Å². The molecule has 0 saturated carbocycles. The first-order chi connectivity index (χ1) is 13.2. The first-order valence-electron chi connectivity index (χ1n) is 8.74. The SMILES string of the molecule is CC(C)Cc1nc2cc(Oc3c(Br)cc(CC(F)C(=O)O)cc3Br)ccc2[nH]1. The second-order valence-corrected chi connectivity index (χ2v) is 8.67. The number of aromatic amines is 1. The van der Waals surface area contributed by atoms with Gasteiger partial charge in [-0.05, 0) is 67.6 Å². The largest absolute Gasteiger partial charge is 0.479 e. The van der Waals surface area contributed by atoms with Crippen molar-refractivity contribution >= 4 is 48.9 Å². The average Bonchev–Trinajstić information content (AvgIpc) is 2.98. The number of rotatable bonds is 7. The Hall–Kier alpha value is -1.93. The molecule has 0 radical (unpaired) electrons. The minimum Gasteiger partial charge on any atom is -0.479 e. The van der Waals surface area contributed by atoms with Crippen LogP contribution < -0.4 is 4.74 Å². The summed E-state index contributed by atoms with van der Waals surface area (Å²) in [6, 6.07) is 8.92. The molecule has 2 aromatic carbocycles. The van der Waals surface area contributed by atoms with Crippen LogP contribution in [0.3, 0.4) is 0 Å². The first kappa shape index (κ1) is 20.8. The Labute approximate surface area is 178 Å². The molecule has 0 spiro atoms. The molecule has 0 bridgehead atoms. The maximum absolute atomic E-state index is 13.5. The molecule has 0 aliphatic carbocycles. The minimum absolute atomic E-state index is 0.218. The van der Waals surface area contributed by atoms with Crippen molar-refractivity contribution in [1.82, 2.24) is 9.97 Å².